The first-order valence-electron chi connectivity index (χ1n) is 8.09. The van der Waals surface area contributed by atoms with Crippen molar-refractivity contribution in [1.29, 1.82) is 0 Å². The van der Waals surface area contributed by atoms with Gasteiger partial charge < -0.3 is 14.6 Å². The minimum atomic E-state index is -5.22. The quantitative estimate of drug-likeness (QED) is 0.727. The third-order valence-electron chi connectivity index (χ3n) is 4.36. The molecule has 0 bridgehead atoms. The molecule has 1 heterocycles. The summed E-state index contributed by atoms with van der Waals surface area (Å²) in [6, 6.07) is 7.59. The molecule has 0 aliphatic carbocycles. The molecule has 2 aromatic carbocycles. The molecule has 1 aliphatic heterocycles. The summed E-state index contributed by atoms with van der Waals surface area (Å²) in [5, 5.41) is 11.7. The van der Waals surface area contributed by atoms with Gasteiger partial charge in [0.15, 0.2) is 0 Å². The molecule has 7 nitrogen and oxygen atoms in total. The summed E-state index contributed by atoms with van der Waals surface area (Å²) in [5.41, 5.74) is -4.43. The number of carboxylic acid groups (broad SMARTS) is 1. The van der Waals surface area contributed by atoms with Crippen LogP contribution in [0.2, 0.25) is 0 Å². The van der Waals surface area contributed by atoms with Gasteiger partial charge in [0.1, 0.15) is 11.6 Å². The van der Waals surface area contributed by atoms with Crippen LogP contribution in [-0.2, 0) is 10.3 Å². The number of hydrogen-bond acceptors (Lipinski definition) is 4. The van der Waals surface area contributed by atoms with Gasteiger partial charge in [-0.2, -0.15) is 13.2 Å². The van der Waals surface area contributed by atoms with Crippen molar-refractivity contribution in [3.8, 4) is 5.75 Å². The summed E-state index contributed by atoms with van der Waals surface area (Å²) < 4.78 is 65.9. The zero-order valence-electron chi connectivity index (χ0n) is 14.8. The number of rotatable bonds is 4. The third kappa shape index (κ3) is 3.50. The van der Waals surface area contributed by atoms with Crippen LogP contribution in [0.1, 0.15) is 5.56 Å². The van der Waals surface area contributed by atoms with E-state index in [1.165, 1.54) is 18.2 Å². The monoisotopic (exact) mass is 414 g/mol. The fourth-order valence-corrected chi connectivity index (χ4v) is 3.08. The molecule has 0 saturated carbocycles. The van der Waals surface area contributed by atoms with Gasteiger partial charge in [0.25, 0.3) is 5.60 Å². The molecule has 0 saturated heterocycles. The van der Waals surface area contributed by atoms with E-state index in [9.17, 15) is 32.3 Å². The second kappa shape index (κ2) is 7.15. The van der Waals surface area contributed by atoms with Crippen LogP contribution in [0.4, 0.5) is 38.5 Å². The molecule has 1 aliphatic rings. The van der Waals surface area contributed by atoms with Crippen molar-refractivity contribution in [1.82, 2.24) is 0 Å². The average Bonchev–Trinajstić information content (AvgIpc) is 2.64. The maximum absolute atomic E-state index is 14.3. The maximum atomic E-state index is 14.3. The molecule has 2 N–H and O–H groups in total. The zero-order valence-corrected chi connectivity index (χ0v) is 14.8. The van der Waals surface area contributed by atoms with Crippen molar-refractivity contribution in [2.75, 3.05) is 23.9 Å². The maximum Gasteiger partial charge on any atom is 0.434 e. The lowest BCUT2D eigenvalue weighted by Gasteiger charge is -2.42. The summed E-state index contributed by atoms with van der Waals surface area (Å²) in [7, 11) is 1.13. The Labute approximate surface area is 161 Å². The van der Waals surface area contributed by atoms with Gasteiger partial charge in [0, 0.05) is 5.69 Å². The molecule has 154 valence electrons. The molecule has 0 radical (unpaired) electrons. The number of ether oxygens (including phenoxy) is 2. The Balaban J connectivity index is 2.22. The Morgan fingerprint density at radius 2 is 1.90 bits per heavy atom. The number of nitrogens with one attached hydrogen (secondary N) is 1. The zero-order chi connectivity index (χ0) is 21.4. The van der Waals surface area contributed by atoms with Crippen molar-refractivity contribution in [2.45, 2.75) is 11.8 Å². The van der Waals surface area contributed by atoms with Crippen molar-refractivity contribution >= 4 is 23.6 Å². The summed E-state index contributed by atoms with van der Waals surface area (Å²) in [6.07, 6.45) is -8.39. The van der Waals surface area contributed by atoms with E-state index in [2.05, 4.69) is 5.32 Å². The summed E-state index contributed by atoms with van der Waals surface area (Å²) >= 11 is 0. The Morgan fingerprint density at radius 3 is 2.45 bits per heavy atom. The molecular weight excluding hydrogens is 400 g/mol. The van der Waals surface area contributed by atoms with Gasteiger partial charge in [-0.1, -0.05) is 6.07 Å². The second-order valence-corrected chi connectivity index (χ2v) is 6.07. The minimum absolute atomic E-state index is 0.234. The first-order valence-corrected chi connectivity index (χ1v) is 8.09. The van der Waals surface area contributed by atoms with Gasteiger partial charge >= 0.3 is 18.4 Å². The van der Waals surface area contributed by atoms with Crippen LogP contribution in [0.3, 0.4) is 0 Å². The number of halogens is 4. The number of fused-ring (bicyclic) bond motifs is 1. The molecule has 2 aromatic rings. The van der Waals surface area contributed by atoms with E-state index in [1.54, 1.807) is 0 Å². The van der Waals surface area contributed by atoms with E-state index in [-0.39, 0.29) is 17.1 Å². The Kier molecular flexibility index (Phi) is 4.99. The molecule has 11 heteroatoms. The Bertz CT molecular complexity index is 948. The van der Waals surface area contributed by atoms with Gasteiger partial charge in [-0.15, -0.1) is 0 Å². The van der Waals surface area contributed by atoms with Crippen LogP contribution in [0, 0.1) is 5.82 Å². The lowest BCUT2D eigenvalue weighted by atomic mass is 9.88. The highest BCUT2D eigenvalue weighted by Crippen LogP contribution is 2.51. The third-order valence-corrected chi connectivity index (χ3v) is 4.36. The second-order valence-electron chi connectivity index (χ2n) is 6.07. The van der Waals surface area contributed by atoms with Crippen molar-refractivity contribution in [3.05, 3.63) is 53.8 Å². The predicted molar refractivity (Wildman–Crippen MR) is 92.6 cm³/mol. The lowest BCUT2D eigenvalue weighted by molar-refractivity contribution is -0.260. The molecule has 1 atom stereocenters. The van der Waals surface area contributed by atoms with E-state index in [0.29, 0.717) is 4.90 Å². The largest absolute Gasteiger partial charge is 0.496 e. The molecule has 2 amide bonds. The molecular formula is C18H14F4N2O5. The first-order chi connectivity index (χ1) is 13.6. The number of methoxy groups -OCH3 is 1. The van der Waals surface area contributed by atoms with E-state index in [0.717, 1.165) is 31.4 Å². The summed E-state index contributed by atoms with van der Waals surface area (Å²) in [6.45, 7) is -1.34. The normalized spacial score (nSPS) is 18.3. The van der Waals surface area contributed by atoms with Crippen molar-refractivity contribution in [2.24, 2.45) is 0 Å². The van der Waals surface area contributed by atoms with Crippen LogP contribution in [-0.4, -0.2) is 37.1 Å². The van der Waals surface area contributed by atoms with Crippen molar-refractivity contribution in [3.63, 3.8) is 0 Å². The van der Waals surface area contributed by atoms with Crippen LogP contribution in [0.15, 0.2) is 42.5 Å². The van der Waals surface area contributed by atoms with Gasteiger partial charge in [-0.3, -0.25) is 10.2 Å². The molecule has 1 unspecified atom stereocenters. The van der Waals surface area contributed by atoms with E-state index in [4.69, 9.17) is 9.47 Å². The van der Waals surface area contributed by atoms with Gasteiger partial charge in [-0.25, -0.2) is 14.0 Å². The highest BCUT2D eigenvalue weighted by molar-refractivity contribution is 5.91. The molecule has 0 aromatic heterocycles. The first kappa shape index (κ1) is 20.2. The number of alkyl halides is 3. The number of nitrogens with zero attached hydrogens (tertiary/aromatic N) is 1. The van der Waals surface area contributed by atoms with E-state index < -0.39 is 41.9 Å². The number of cyclic esters (lactones) is 1. The average molecular weight is 414 g/mol. The van der Waals surface area contributed by atoms with Crippen molar-refractivity contribution < 1.29 is 41.7 Å². The van der Waals surface area contributed by atoms with Crippen LogP contribution in [0.25, 0.3) is 0 Å². The van der Waals surface area contributed by atoms with Gasteiger partial charge in [0.2, 0.25) is 0 Å². The predicted octanol–water partition coefficient (Wildman–Crippen LogP) is 4.34. The smallest absolute Gasteiger partial charge is 0.434 e. The number of amides is 2. The molecule has 0 spiro atoms. The van der Waals surface area contributed by atoms with Gasteiger partial charge in [-0.05, 0) is 36.4 Å². The van der Waals surface area contributed by atoms with Crippen LogP contribution < -0.4 is 15.0 Å². The Hall–Kier alpha value is -3.50. The minimum Gasteiger partial charge on any atom is -0.496 e. The highest BCUT2D eigenvalue weighted by Gasteiger charge is 2.64. The number of benzene rings is 2. The number of carbonyl (C=O) groups excluding carboxylic acids is 1. The molecule has 29 heavy (non-hydrogen) atoms. The fourth-order valence-electron chi connectivity index (χ4n) is 3.08. The summed E-state index contributed by atoms with van der Waals surface area (Å²) in [5.74, 6) is -0.964. The highest BCUT2D eigenvalue weighted by atomic mass is 19.4. The number of carbonyl (C=O) groups is 2. The molecule has 3 rings (SSSR count). The van der Waals surface area contributed by atoms with E-state index in [1.807, 2.05) is 0 Å². The molecule has 0 fully saturated rings. The Morgan fingerprint density at radius 1 is 1.24 bits per heavy atom. The fraction of sp³-hybridized carbons (Fsp3) is 0.222. The van der Waals surface area contributed by atoms with E-state index >= 15 is 0 Å². The lowest BCUT2D eigenvalue weighted by Crippen LogP contribution is -2.57. The summed E-state index contributed by atoms with van der Waals surface area (Å²) in [4.78, 5) is 24.0. The standard InChI is InChI=1S/C18H14F4N2O5/c1-28-13-4-2-3-12-14(13)17(18(20,21)22,29-15(25)23-12)9-24(16(26)27)11-7-5-10(19)6-8-11/h2-8H,9H2,1H3,(H,23,25)(H,26,27). The van der Waals surface area contributed by atoms with Gasteiger partial charge in [0.05, 0.1) is 24.9 Å². The van der Waals surface area contributed by atoms with Crippen LogP contribution >= 0.6 is 0 Å². The number of hydrogen-bond donors (Lipinski definition) is 2. The van der Waals surface area contributed by atoms with Crippen LogP contribution in [0.5, 0.6) is 5.75 Å². The number of anilines is 2. The topological polar surface area (TPSA) is 88.1 Å². The SMILES string of the molecule is COc1cccc2c1C(CN(C(=O)O)c1ccc(F)cc1)(C(F)(F)F)OC(=O)N2.